The Morgan fingerprint density at radius 3 is 2.12 bits per heavy atom. The molecule has 1 rings (SSSR count). The predicted molar refractivity (Wildman–Crippen MR) is 67.4 cm³/mol. The minimum absolute atomic E-state index is 0.00679. The maximum Gasteiger partial charge on any atom is 0.119 e. The molecule has 0 heterocycles. The second-order valence-corrected chi connectivity index (χ2v) is 3.90. The van der Waals surface area contributed by atoms with E-state index in [1.165, 1.54) is 0 Å². The molecule has 17 heavy (non-hydrogen) atoms. The van der Waals surface area contributed by atoms with Gasteiger partial charge in [-0.3, -0.25) is 0 Å². The molecule has 4 nitrogen and oxygen atoms in total. The van der Waals surface area contributed by atoms with Gasteiger partial charge in [0.05, 0.1) is 19.8 Å². The van der Waals surface area contributed by atoms with Gasteiger partial charge in [-0.1, -0.05) is 6.92 Å². The van der Waals surface area contributed by atoms with Crippen LogP contribution in [0.4, 0.5) is 0 Å². The lowest BCUT2D eigenvalue weighted by Gasteiger charge is -2.10. The first-order valence-electron chi connectivity index (χ1n) is 5.98. The lowest BCUT2D eigenvalue weighted by atomic mass is 10.2. The molecule has 1 unspecified atom stereocenters. The second-order valence-electron chi connectivity index (χ2n) is 3.90. The number of nitrogens with two attached hydrogens (primary N) is 1. The van der Waals surface area contributed by atoms with Crippen molar-refractivity contribution >= 4 is 0 Å². The van der Waals surface area contributed by atoms with Crippen molar-refractivity contribution in [2.45, 2.75) is 25.8 Å². The summed E-state index contributed by atoms with van der Waals surface area (Å²) in [6, 6.07) is 7.31. The summed E-state index contributed by atoms with van der Waals surface area (Å²) in [5, 5.41) is 8.75. The van der Waals surface area contributed by atoms with Crippen LogP contribution in [-0.4, -0.2) is 31.0 Å². The van der Waals surface area contributed by atoms with Gasteiger partial charge in [-0.25, -0.2) is 0 Å². The summed E-state index contributed by atoms with van der Waals surface area (Å²) in [6.45, 7) is 3.30. The number of aliphatic hydroxyl groups excluding tert-OH is 1. The van der Waals surface area contributed by atoms with Gasteiger partial charge in [-0.05, 0) is 37.1 Å². The highest BCUT2D eigenvalue weighted by Gasteiger charge is 2.01. The molecule has 0 aliphatic carbocycles. The van der Waals surface area contributed by atoms with Crippen molar-refractivity contribution in [2.75, 3.05) is 19.8 Å². The van der Waals surface area contributed by atoms with Crippen molar-refractivity contribution in [1.82, 2.24) is 0 Å². The quantitative estimate of drug-likeness (QED) is 0.722. The lowest BCUT2D eigenvalue weighted by Crippen LogP contribution is -2.26. The van der Waals surface area contributed by atoms with Crippen LogP contribution in [0.3, 0.4) is 0 Å². The highest BCUT2D eigenvalue weighted by Crippen LogP contribution is 2.17. The van der Waals surface area contributed by atoms with Crippen LogP contribution in [0.5, 0.6) is 11.5 Å². The zero-order valence-corrected chi connectivity index (χ0v) is 10.3. The molecule has 96 valence electrons. The Kier molecular flexibility index (Phi) is 6.43. The Bertz CT molecular complexity index is 300. The van der Waals surface area contributed by atoms with Gasteiger partial charge in [0.2, 0.25) is 0 Å². The maximum absolute atomic E-state index is 8.75. The summed E-state index contributed by atoms with van der Waals surface area (Å²) >= 11 is 0. The topological polar surface area (TPSA) is 64.7 Å². The van der Waals surface area contributed by atoms with Gasteiger partial charge in [0, 0.05) is 6.04 Å². The first-order valence-corrected chi connectivity index (χ1v) is 5.98. The lowest BCUT2D eigenvalue weighted by molar-refractivity contribution is 0.230. The van der Waals surface area contributed by atoms with Crippen LogP contribution in [0.25, 0.3) is 0 Å². The van der Waals surface area contributed by atoms with Crippen molar-refractivity contribution in [2.24, 2.45) is 5.73 Å². The second kappa shape index (κ2) is 7.92. The Balaban J connectivity index is 2.30. The van der Waals surface area contributed by atoms with Gasteiger partial charge in [-0.15, -0.1) is 0 Å². The average molecular weight is 239 g/mol. The van der Waals surface area contributed by atoms with Crippen LogP contribution >= 0.6 is 0 Å². The molecule has 3 N–H and O–H groups in total. The van der Waals surface area contributed by atoms with E-state index in [0.717, 1.165) is 24.5 Å². The van der Waals surface area contributed by atoms with E-state index < -0.39 is 0 Å². The Labute approximate surface area is 102 Å². The zero-order valence-electron chi connectivity index (χ0n) is 10.3. The SMILES string of the molecule is CCCOc1ccc(OCCC(N)CO)cc1. The van der Waals surface area contributed by atoms with E-state index in [9.17, 15) is 0 Å². The van der Waals surface area contributed by atoms with E-state index in [1.54, 1.807) is 0 Å². The van der Waals surface area contributed by atoms with Crippen LogP contribution in [0.1, 0.15) is 19.8 Å². The Morgan fingerprint density at radius 1 is 1.12 bits per heavy atom. The predicted octanol–water partition coefficient (Wildman–Crippen LogP) is 1.56. The van der Waals surface area contributed by atoms with Crippen molar-refractivity contribution in [3.05, 3.63) is 24.3 Å². The molecule has 0 saturated carbocycles. The summed E-state index contributed by atoms with van der Waals surface area (Å²) in [5.74, 6) is 1.64. The summed E-state index contributed by atoms with van der Waals surface area (Å²) in [5.41, 5.74) is 5.57. The van der Waals surface area contributed by atoms with Crippen molar-refractivity contribution in [1.29, 1.82) is 0 Å². The van der Waals surface area contributed by atoms with Crippen LogP contribution in [0, 0.1) is 0 Å². The van der Waals surface area contributed by atoms with E-state index in [4.69, 9.17) is 20.3 Å². The van der Waals surface area contributed by atoms with E-state index in [0.29, 0.717) is 13.0 Å². The molecular formula is C13H21NO3. The highest BCUT2D eigenvalue weighted by molar-refractivity contribution is 5.31. The normalized spacial score (nSPS) is 12.2. The third-order valence-electron chi connectivity index (χ3n) is 2.29. The average Bonchev–Trinajstić information content (AvgIpc) is 2.37. The van der Waals surface area contributed by atoms with Crippen LogP contribution in [0.2, 0.25) is 0 Å². The monoisotopic (exact) mass is 239 g/mol. The third kappa shape index (κ3) is 5.56. The van der Waals surface area contributed by atoms with Crippen LogP contribution in [-0.2, 0) is 0 Å². The van der Waals surface area contributed by atoms with Gasteiger partial charge >= 0.3 is 0 Å². The maximum atomic E-state index is 8.75. The largest absolute Gasteiger partial charge is 0.494 e. The van der Waals surface area contributed by atoms with Crippen molar-refractivity contribution in [3.8, 4) is 11.5 Å². The molecule has 0 aliphatic rings. The van der Waals surface area contributed by atoms with Gasteiger partial charge in [0.1, 0.15) is 11.5 Å². The molecule has 0 aliphatic heterocycles. The molecule has 1 aromatic rings. The van der Waals surface area contributed by atoms with Gasteiger partial charge in [-0.2, -0.15) is 0 Å². The van der Waals surface area contributed by atoms with Crippen molar-refractivity contribution < 1.29 is 14.6 Å². The van der Waals surface area contributed by atoms with Crippen LogP contribution in [0.15, 0.2) is 24.3 Å². The number of hydrogen-bond acceptors (Lipinski definition) is 4. The number of aliphatic hydroxyl groups is 1. The Morgan fingerprint density at radius 2 is 1.65 bits per heavy atom. The highest BCUT2D eigenvalue weighted by atomic mass is 16.5. The smallest absolute Gasteiger partial charge is 0.119 e. The third-order valence-corrected chi connectivity index (χ3v) is 2.29. The number of ether oxygens (including phenoxy) is 2. The summed E-state index contributed by atoms with van der Waals surface area (Å²) in [4.78, 5) is 0. The Hall–Kier alpha value is -1.26. The first kappa shape index (κ1) is 13.8. The minimum Gasteiger partial charge on any atom is -0.494 e. The molecule has 0 amide bonds. The fourth-order valence-electron chi connectivity index (χ4n) is 1.27. The molecule has 4 heteroatoms. The van der Waals surface area contributed by atoms with Crippen molar-refractivity contribution in [3.63, 3.8) is 0 Å². The fourth-order valence-corrected chi connectivity index (χ4v) is 1.27. The summed E-state index contributed by atoms with van der Waals surface area (Å²) in [7, 11) is 0. The van der Waals surface area contributed by atoms with E-state index >= 15 is 0 Å². The molecule has 0 bridgehead atoms. The van der Waals surface area contributed by atoms with Gasteiger partial charge in [0.15, 0.2) is 0 Å². The van der Waals surface area contributed by atoms with E-state index in [1.807, 2.05) is 24.3 Å². The molecule has 0 aromatic heterocycles. The zero-order chi connectivity index (χ0) is 12.5. The molecule has 0 fully saturated rings. The fraction of sp³-hybridized carbons (Fsp3) is 0.538. The molecule has 1 aromatic carbocycles. The molecular weight excluding hydrogens is 218 g/mol. The number of benzene rings is 1. The summed E-state index contributed by atoms with van der Waals surface area (Å²) in [6.07, 6.45) is 1.64. The first-order chi connectivity index (χ1) is 8.26. The van der Waals surface area contributed by atoms with E-state index in [2.05, 4.69) is 6.92 Å². The molecule has 1 atom stereocenters. The number of hydrogen-bond donors (Lipinski definition) is 2. The van der Waals surface area contributed by atoms with Crippen LogP contribution < -0.4 is 15.2 Å². The van der Waals surface area contributed by atoms with Gasteiger partial charge < -0.3 is 20.3 Å². The number of rotatable bonds is 8. The summed E-state index contributed by atoms with van der Waals surface area (Å²) < 4.78 is 11.0. The molecule has 0 saturated heterocycles. The van der Waals surface area contributed by atoms with E-state index in [-0.39, 0.29) is 12.6 Å². The molecule has 0 radical (unpaired) electrons. The minimum atomic E-state index is -0.206. The standard InChI is InChI=1S/C13H21NO3/c1-2-8-16-12-3-5-13(6-4-12)17-9-7-11(14)10-15/h3-6,11,15H,2,7-10,14H2,1H3. The van der Waals surface area contributed by atoms with Gasteiger partial charge in [0.25, 0.3) is 0 Å². The molecule has 0 spiro atoms.